The number of amides is 1. The quantitative estimate of drug-likeness (QED) is 0.583. The van der Waals surface area contributed by atoms with Crippen LogP contribution in [-0.2, 0) is 9.53 Å². The van der Waals surface area contributed by atoms with Crippen LogP contribution in [0.2, 0.25) is 0 Å². The van der Waals surface area contributed by atoms with Crippen molar-refractivity contribution < 1.29 is 19.4 Å². The van der Waals surface area contributed by atoms with Gasteiger partial charge in [-0.25, -0.2) is 9.59 Å². The number of aliphatic hydroxyl groups is 1. The first-order valence-electron chi connectivity index (χ1n) is 8.01. The van der Waals surface area contributed by atoms with Crippen LogP contribution in [0.5, 0.6) is 0 Å². The Kier molecular flexibility index (Phi) is 5.33. The van der Waals surface area contributed by atoms with E-state index in [0.29, 0.717) is 5.92 Å². The Hall–Kier alpha value is -1.10. The van der Waals surface area contributed by atoms with Gasteiger partial charge in [0.1, 0.15) is 0 Å². The van der Waals surface area contributed by atoms with E-state index in [1.54, 1.807) is 0 Å². The molecule has 1 rings (SSSR count). The predicted molar refractivity (Wildman–Crippen MR) is 85.3 cm³/mol. The van der Waals surface area contributed by atoms with Crippen molar-refractivity contribution in [2.45, 2.75) is 79.4 Å². The number of carbonyl (C=O) groups is 2. The van der Waals surface area contributed by atoms with E-state index in [0.717, 1.165) is 19.3 Å². The summed E-state index contributed by atoms with van der Waals surface area (Å²) in [5.41, 5.74) is -0.881. The summed E-state index contributed by atoms with van der Waals surface area (Å²) in [7, 11) is 0. The Morgan fingerprint density at radius 2 is 1.73 bits per heavy atom. The molecule has 0 bridgehead atoms. The highest BCUT2D eigenvalue weighted by atomic mass is 16.6. The number of ether oxygens (including phenoxy) is 1. The van der Waals surface area contributed by atoms with Gasteiger partial charge in [0.2, 0.25) is 0 Å². The molecule has 0 aromatic carbocycles. The molecule has 1 saturated carbocycles. The van der Waals surface area contributed by atoms with E-state index in [-0.39, 0.29) is 5.41 Å². The molecule has 2 N–H and O–H groups in total. The fourth-order valence-electron chi connectivity index (χ4n) is 2.59. The minimum absolute atomic E-state index is 0.0434. The molecule has 22 heavy (non-hydrogen) atoms. The molecule has 128 valence electrons. The van der Waals surface area contributed by atoms with Gasteiger partial charge in [0.05, 0.1) is 0 Å². The molecule has 0 radical (unpaired) electrons. The van der Waals surface area contributed by atoms with E-state index in [1.165, 1.54) is 0 Å². The number of esters is 1. The van der Waals surface area contributed by atoms with Gasteiger partial charge in [-0.2, -0.15) is 0 Å². The lowest BCUT2D eigenvalue weighted by Crippen LogP contribution is -2.48. The summed E-state index contributed by atoms with van der Waals surface area (Å²) in [5, 5.41) is 12.6. The Bertz CT molecular complexity index is 436. The molecule has 0 saturated heterocycles. The van der Waals surface area contributed by atoms with Gasteiger partial charge in [0.15, 0.2) is 6.10 Å². The number of aliphatic hydroxyl groups excluding tert-OH is 1. The number of alkyl carbamates (subject to hydrolysis) is 1. The predicted octanol–water partition coefficient (Wildman–Crippen LogP) is 3.25. The molecule has 0 heterocycles. The lowest BCUT2D eigenvalue weighted by molar-refractivity contribution is -0.150. The summed E-state index contributed by atoms with van der Waals surface area (Å²) < 4.78 is 4.75. The van der Waals surface area contributed by atoms with Crippen LogP contribution in [0, 0.1) is 16.7 Å². The highest BCUT2D eigenvalue weighted by molar-refractivity contribution is 5.88. The van der Waals surface area contributed by atoms with Crippen molar-refractivity contribution in [3.05, 3.63) is 0 Å². The maximum absolute atomic E-state index is 11.9. The van der Waals surface area contributed by atoms with Crippen LogP contribution < -0.4 is 5.32 Å². The summed E-state index contributed by atoms with van der Waals surface area (Å²) >= 11 is 0. The number of hydrogen-bond donors (Lipinski definition) is 2. The Morgan fingerprint density at radius 1 is 1.23 bits per heavy atom. The van der Waals surface area contributed by atoms with Crippen LogP contribution in [0.25, 0.3) is 0 Å². The van der Waals surface area contributed by atoms with E-state index < -0.39 is 29.1 Å². The number of nitrogens with one attached hydrogen (secondary N) is 1. The first kappa shape index (κ1) is 18.9. The second kappa shape index (κ2) is 6.19. The smallest absolute Gasteiger partial charge is 0.381 e. The van der Waals surface area contributed by atoms with Gasteiger partial charge >= 0.3 is 12.1 Å². The number of carbonyl (C=O) groups excluding carboxylic acids is 2. The minimum atomic E-state index is -1.23. The van der Waals surface area contributed by atoms with Gasteiger partial charge in [0.25, 0.3) is 0 Å². The van der Waals surface area contributed by atoms with Gasteiger partial charge in [0, 0.05) is 11.0 Å². The summed E-state index contributed by atoms with van der Waals surface area (Å²) in [6.07, 6.45) is 0.283. The summed E-state index contributed by atoms with van der Waals surface area (Å²) in [6.45, 7) is 14.2. The third kappa shape index (κ3) is 4.97. The molecule has 1 unspecified atom stereocenters. The molecule has 0 spiro atoms. The fraction of sp³-hybridized carbons (Fsp3) is 0.882. The zero-order valence-corrected chi connectivity index (χ0v) is 14.9. The maximum Gasteiger partial charge on any atom is 0.415 e. The molecule has 5 heteroatoms. The van der Waals surface area contributed by atoms with Crippen molar-refractivity contribution in [3.8, 4) is 0 Å². The van der Waals surface area contributed by atoms with Gasteiger partial charge in [-0.15, -0.1) is 0 Å². The Morgan fingerprint density at radius 3 is 2.14 bits per heavy atom. The van der Waals surface area contributed by atoms with Crippen LogP contribution in [0.4, 0.5) is 4.79 Å². The van der Waals surface area contributed by atoms with E-state index in [9.17, 15) is 14.7 Å². The Balaban J connectivity index is 2.54. The van der Waals surface area contributed by atoms with Crippen LogP contribution in [0.15, 0.2) is 0 Å². The summed E-state index contributed by atoms with van der Waals surface area (Å²) in [4.78, 5) is 23.7. The lowest BCUT2D eigenvalue weighted by Gasteiger charge is -2.38. The number of rotatable bonds is 6. The largest absolute Gasteiger partial charge is 0.415 e. The average molecular weight is 313 g/mol. The maximum atomic E-state index is 11.9. The number of hydrogen-bond acceptors (Lipinski definition) is 4. The van der Waals surface area contributed by atoms with Crippen LogP contribution in [0.3, 0.4) is 0 Å². The highest BCUT2D eigenvalue weighted by Crippen LogP contribution is 2.48. The molecular weight excluding hydrogens is 282 g/mol. The molecule has 1 atom stereocenters. The molecule has 0 aliphatic heterocycles. The first-order chi connectivity index (χ1) is 9.79. The first-order valence-corrected chi connectivity index (χ1v) is 8.01. The zero-order valence-electron chi connectivity index (χ0n) is 14.9. The third-order valence-corrected chi connectivity index (χ3v) is 5.02. The summed E-state index contributed by atoms with van der Waals surface area (Å²) in [6, 6.07) is 0. The van der Waals surface area contributed by atoms with Crippen molar-refractivity contribution in [2.75, 3.05) is 0 Å². The molecular formula is C17H31NO4. The normalized spacial score (nSPS) is 18.8. The molecule has 1 aliphatic carbocycles. The molecule has 1 amide bonds. The van der Waals surface area contributed by atoms with Crippen molar-refractivity contribution in [2.24, 2.45) is 16.7 Å². The average Bonchev–Trinajstić information content (AvgIpc) is 3.04. The van der Waals surface area contributed by atoms with E-state index >= 15 is 0 Å². The topological polar surface area (TPSA) is 75.6 Å². The van der Waals surface area contributed by atoms with E-state index in [2.05, 4.69) is 33.0 Å². The highest BCUT2D eigenvalue weighted by Gasteiger charge is 2.49. The van der Waals surface area contributed by atoms with Crippen molar-refractivity contribution in [3.63, 3.8) is 0 Å². The lowest BCUT2D eigenvalue weighted by atomic mass is 9.72. The minimum Gasteiger partial charge on any atom is -0.381 e. The van der Waals surface area contributed by atoms with E-state index in [1.807, 2.05) is 20.8 Å². The second-order valence-corrected chi connectivity index (χ2v) is 8.59. The summed E-state index contributed by atoms with van der Waals surface area (Å²) in [5.74, 6) is -0.403. The van der Waals surface area contributed by atoms with Gasteiger partial charge in [-0.3, -0.25) is 0 Å². The van der Waals surface area contributed by atoms with Crippen molar-refractivity contribution in [1.29, 1.82) is 0 Å². The zero-order chi connectivity index (χ0) is 17.3. The van der Waals surface area contributed by atoms with Crippen molar-refractivity contribution in [1.82, 2.24) is 5.32 Å². The van der Waals surface area contributed by atoms with Crippen LogP contribution >= 0.6 is 0 Å². The Labute approximate surface area is 133 Å². The third-order valence-electron chi connectivity index (χ3n) is 5.02. The monoisotopic (exact) mass is 313 g/mol. The fourth-order valence-corrected chi connectivity index (χ4v) is 2.59. The SMILES string of the molecule is CC(C)C(C)(C)CC(C)(C)NC(=O)OC(=O)C(O)C1(C)CC1. The molecule has 1 fully saturated rings. The van der Waals surface area contributed by atoms with E-state index in [4.69, 9.17) is 4.74 Å². The van der Waals surface area contributed by atoms with Crippen LogP contribution in [-0.4, -0.2) is 28.8 Å². The molecule has 5 nitrogen and oxygen atoms in total. The standard InChI is InChI=1S/C17H31NO4/c1-11(2)15(3,4)10-16(5,6)18-14(21)22-13(20)12(19)17(7)8-9-17/h11-12,19H,8-10H2,1-7H3,(H,18,21). The molecule has 0 aromatic rings. The molecule has 0 aromatic heterocycles. The van der Waals surface area contributed by atoms with Gasteiger partial charge in [-0.1, -0.05) is 34.6 Å². The van der Waals surface area contributed by atoms with Crippen molar-refractivity contribution >= 4 is 12.1 Å². The second-order valence-electron chi connectivity index (χ2n) is 8.59. The van der Waals surface area contributed by atoms with Gasteiger partial charge < -0.3 is 15.2 Å². The van der Waals surface area contributed by atoms with Gasteiger partial charge in [-0.05, 0) is 44.4 Å². The van der Waals surface area contributed by atoms with Crippen LogP contribution in [0.1, 0.15) is 67.7 Å². The molecule has 1 aliphatic rings.